The molecule has 9 nitrogen and oxygen atoms in total. The first kappa shape index (κ1) is 21.2. The number of fused-ring (bicyclic) bond motifs is 1. The number of ketones is 1. The second-order valence-electron chi connectivity index (χ2n) is 6.33. The van der Waals surface area contributed by atoms with Gasteiger partial charge in [0, 0.05) is 5.56 Å². The number of rotatable bonds is 7. The molecule has 0 saturated carbocycles. The smallest absolute Gasteiger partial charge is 0.216 e. The summed E-state index contributed by atoms with van der Waals surface area (Å²) in [6, 6.07) is 5.05. The Labute approximate surface area is 174 Å². The van der Waals surface area contributed by atoms with Crippen molar-refractivity contribution in [1.82, 2.24) is 0 Å². The van der Waals surface area contributed by atoms with Crippen LogP contribution in [0.3, 0.4) is 0 Å². The van der Waals surface area contributed by atoms with Crippen LogP contribution in [0.25, 0.3) is 5.76 Å². The van der Waals surface area contributed by atoms with Crippen molar-refractivity contribution in [2.75, 3.05) is 42.7 Å². The van der Waals surface area contributed by atoms with Crippen molar-refractivity contribution in [2.45, 2.75) is 6.10 Å². The summed E-state index contributed by atoms with van der Waals surface area (Å²) in [4.78, 5) is 13.3. The van der Waals surface area contributed by atoms with Crippen molar-refractivity contribution in [2.24, 2.45) is 5.92 Å². The van der Waals surface area contributed by atoms with E-state index in [1.54, 1.807) is 18.2 Å². The van der Waals surface area contributed by atoms with E-state index >= 15 is 0 Å². The maximum absolute atomic E-state index is 13.3. The second kappa shape index (κ2) is 8.48. The molecule has 0 aromatic heterocycles. The van der Waals surface area contributed by atoms with Crippen LogP contribution in [-0.2, 0) is 28.5 Å². The maximum atomic E-state index is 13.3. The number of allylic oxidation sites excluding steroid dienone is 1. The highest BCUT2D eigenvalue weighted by Crippen LogP contribution is 2.45. The zero-order valence-electron chi connectivity index (χ0n) is 17.6. The van der Waals surface area contributed by atoms with E-state index in [9.17, 15) is 9.90 Å². The highest BCUT2D eigenvalue weighted by molar-refractivity contribution is 6.04. The number of aliphatic hydroxyl groups is 1. The average molecular weight is 420 g/mol. The number of methoxy groups -OCH3 is 6. The number of carbonyl (C=O) groups excluding carboxylic acids is 1. The van der Waals surface area contributed by atoms with Crippen LogP contribution in [0.1, 0.15) is 5.56 Å². The maximum Gasteiger partial charge on any atom is 0.216 e. The van der Waals surface area contributed by atoms with Gasteiger partial charge in [0.1, 0.15) is 5.92 Å². The van der Waals surface area contributed by atoms with Gasteiger partial charge in [-0.3, -0.25) is 4.79 Å². The highest BCUT2D eigenvalue weighted by atomic mass is 16.6. The van der Waals surface area contributed by atoms with E-state index in [1.807, 2.05) is 0 Å². The summed E-state index contributed by atoms with van der Waals surface area (Å²) in [7, 11) is 8.55. The zero-order chi connectivity index (χ0) is 22.0. The van der Waals surface area contributed by atoms with Crippen molar-refractivity contribution in [3.8, 4) is 11.5 Å². The molecule has 0 radical (unpaired) electrons. The summed E-state index contributed by atoms with van der Waals surface area (Å²) in [5.74, 6) is -0.512. The molecule has 1 N–H and O–H groups in total. The van der Waals surface area contributed by atoms with E-state index in [1.165, 1.54) is 42.7 Å². The van der Waals surface area contributed by atoms with Crippen molar-refractivity contribution in [3.63, 3.8) is 0 Å². The number of hydrogen-bond acceptors (Lipinski definition) is 9. The molecular formula is C21H24O9. The highest BCUT2D eigenvalue weighted by Gasteiger charge is 2.51. The molecule has 162 valence electrons. The number of aliphatic hydroxyl groups excluding tert-OH is 1. The number of carbonyl (C=O) groups is 1. The van der Waals surface area contributed by atoms with Crippen LogP contribution in [0.15, 0.2) is 47.0 Å². The lowest BCUT2D eigenvalue weighted by Gasteiger charge is -2.37. The quantitative estimate of drug-likeness (QED) is 0.713. The molecule has 2 aliphatic rings. The van der Waals surface area contributed by atoms with E-state index < -0.39 is 17.8 Å². The fourth-order valence-electron chi connectivity index (χ4n) is 3.58. The lowest BCUT2D eigenvalue weighted by Crippen LogP contribution is -2.43. The molecule has 30 heavy (non-hydrogen) atoms. The minimum Gasteiger partial charge on any atom is -0.507 e. The Bertz CT molecular complexity index is 942. The normalized spacial score (nSPS) is 21.1. The van der Waals surface area contributed by atoms with Crippen molar-refractivity contribution in [1.29, 1.82) is 0 Å². The van der Waals surface area contributed by atoms with E-state index in [0.717, 1.165) is 0 Å². The molecule has 1 aliphatic heterocycles. The van der Waals surface area contributed by atoms with Crippen LogP contribution in [-0.4, -0.2) is 59.7 Å². The Morgan fingerprint density at radius 2 is 1.43 bits per heavy atom. The molecule has 0 saturated heterocycles. The third-order valence-corrected chi connectivity index (χ3v) is 4.95. The van der Waals surface area contributed by atoms with Gasteiger partial charge in [-0.1, -0.05) is 0 Å². The number of hydrogen-bond donors (Lipinski definition) is 1. The molecule has 0 spiro atoms. The summed E-state index contributed by atoms with van der Waals surface area (Å²) in [5.41, 5.74) is 0.520. The van der Waals surface area contributed by atoms with Crippen molar-refractivity contribution < 1.29 is 43.1 Å². The molecule has 2 unspecified atom stereocenters. The third-order valence-electron chi connectivity index (χ3n) is 4.95. The standard InChI is InChI=1S/C21H24O9/c1-24-11-8-7-10(9-12(11)25-2)16-18(26-3)14(22)13-15(23)19(27-4)21(29-6)20(28-5)17(13)30-16/h7-9,13,17,23H,1-6H3. The fraction of sp³-hybridized carbons (Fsp3) is 0.381. The molecule has 1 aromatic rings. The Kier molecular flexibility index (Phi) is 6.00. The zero-order valence-corrected chi connectivity index (χ0v) is 17.6. The molecule has 1 aromatic carbocycles. The largest absolute Gasteiger partial charge is 0.507 e. The Hall–Kier alpha value is -3.49. The van der Waals surface area contributed by atoms with Gasteiger partial charge in [-0.15, -0.1) is 0 Å². The van der Waals surface area contributed by atoms with Crippen LogP contribution in [0.5, 0.6) is 11.5 Å². The molecule has 1 aliphatic carbocycles. The average Bonchev–Trinajstić information content (AvgIpc) is 2.77. The summed E-state index contributed by atoms with van der Waals surface area (Å²) in [5, 5.41) is 10.7. The molecule has 3 rings (SSSR count). The van der Waals surface area contributed by atoms with Gasteiger partial charge >= 0.3 is 0 Å². The fourth-order valence-corrected chi connectivity index (χ4v) is 3.58. The minimum absolute atomic E-state index is 0.00225. The van der Waals surface area contributed by atoms with E-state index in [2.05, 4.69) is 0 Å². The Balaban J connectivity index is 2.19. The first-order valence-electron chi connectivity index (χ1n) is 8.98. The van der Waals surface area contributed by atoms with Gasteiger partial charge in [-0.2, -0.15) is 0 Å². The van der Waals surface area contributed by atoms with Crippen molar-refractivity contribution in [3.05, 3.63) is 52.6 Å². The van der Waals surface area contributed by atoms with Crippen LogP contribution in [0, 0.1) is 5.92 Å². The topological polar surface area (TPSA) is 102 Å². The predicted molar refractivity (Wildman–Crippen MR) is 105 cm³/mol. The predicted octanol–water partition coefficient (Wildman–Crippen LogP) is 2.54. The van der Waals surface area contributed by atoms with E-state index in [0.29, 0.717) is 17.1 Å². The van der Waals surface area contributed by atoms with Crippen LogP contribution >= 0.6 is 0 Å². The molecule has 0 fully saturated rings. The summed E-state index contributed by atoms with van der Waals surface area (Å²) in [6.45, 7) is 0. The first-order chi connectivity index (χ1) is 14.5. The van der Waals surface area contributed by atoms with Crippen LogP contribution < -0.4 is 9.47 Å². The lowest BCUT2D eigenvalue weighted by atomic mass is 9.84. The Morgan fingerprint density at radius 3 is 1.97 bits per heavy atom. The third kappa shape index (κ3) is 3.16. The molecule has 1 heterocycles. The summed E-state index contributed by atoms with van der Waals surface area (Å²) < 4.78 is 38.2. The van der Waals surface area contributed by atoms with Gasteiger partial charge in [0.2, 0.25) is 23.1 Å². The summed E-state index contributed by atoms with van der Waals surface area (Å²) >= 11 is 0. The van der Waals surface area contributed by atoms with Crippen LogP contribution in [0.4, 0.5) is 0 Å². The van der Waals surface area contributed by atoms with Gasteiger partial charge in [-0.25, -0.2) is 0 Å². The molecule has 9 heteroatoms. The molecule has 0 bridgehead atoms. The van der Waals surface area contributed by atoms with Gasteiger partial charge < -0.3 is 38.3 Å². The van der Waals surface area contributed by atoms with Gasteiger partial charge in [-0.05, 0) is 18.2 Å². The number of Topliss-reactive ketones (excluding diaryl/α,β-unsaturated/α-hetero) is 1. The molecular weight excluding hydrogens is 396 g/mol. The lowest BCUT2D eigenvalue weighted by molar-refractivity contribution is -0.128. The van der Waals surface area contributed by atoms with Crippen molar-refractivity contribution >= 4 is 11.5 Å². The van der Waals surface area contributed by atoms with Crippen LogP contribution in [0.2, 0.25) is 0 Å². The SMILES string of the molecule is COC1=C(c2ccc(OC)c(OC)c2)OC2C(OC)=C(OC)C(OC)=C(O)C2C1=O. The minimum atomic E-state index is -1.12. The van der Waals surface area contributed by atoms with E-state index in [4.69, 9.17) is 33.2 Å². The molecule has 0 amide bonds. The first-order valence-corrected chi connectivity index (χ1v) is 8.98. The Morgan fingerprint density at radius 1 is 0.800 bits per heavy atom. The van der Waals surface area contributed by atoms with Gasteiger partial charge in [0.25, 0.3) is 0 Å². The monoisotopic (exact) mass is 420 g/mol. The number of benzene rings is 1. The molecule has 2 atom stereocenters. The summed E-state index contributed by atoms with van der Waals surface area (Å²) in [6.07, 6.45) is -0.988. The van der Waals surface area contributed by atoms with E-state index in [-0.39, 0.29) is 34.6 Å². The second-order valence-corrected chi connectivity index (χ2v) is 6.33. The number of ether oxygens (including phenoxy) is 7. The van der Waals surface area contributed by atoms with Gasteiger partial charge in [0.15, 0.2) is 34.9 Å². The van der Waals surface area contributed by atoms with Gasteiger partial charge in [0.05, 0.1) is 42.7 Å².